The van der Waals surface area contributed by atoms with Crippen LogP contribution >= 0.6 is 11.6 Å². The number of nitrogens with zero attached hydrogens (tertiary/aromatic N) is 2. The van der Waals surface area contributed by atoms with Crippen molar-refractivity contribution in [2.24, 2.45) is 0 Å². The number of ether oxygens (including phenoxy) is 1. The van der Waals surface area contributed by atoms with E-state index in [1.54, 1.807) is 6.92 Å². The molecule has 7 heteroatoms. The molecule has 32 heavy (non-hydrogen) atoms. The number of hydrogen-bond acceptors (Lipinski definition) is 4. The number of anilines is 1. The van der Waals surface area contributed by atoms with Crippen molar-refractivity contribution in [2.75, 3.05) is 30.4 Å². The number of pyridine rings is 1. The third kappa shape index (κ3) is 5.69. The van der Waals surface area contributed by atoms with Crippen molar-refractivity contribution < 1.29 is 19.2 Å². The molecule has 1 aliphatic rings. The number of carbonyl (C=O) groups excluding carboxylic acids is 1. The number of carbonyl (C=O) groups is 1. The summed E-state index contributed by atoms with van der Waals surface area (Å²) in [6.45, 7) is 8.77. The highest BCUT2D eigenvalue weighted by Gasteiger charge is 2.31. The highest BCUT2D eigenvalue weighted by atomic mass is 35.5. The predicted octanol–water partition coefficient (Wildman–Crippen LogP) is 3.37. The van der Waals surface area contributed by atoms with Gasteiger partial charge in [-0.25, -0.2) is 0 Å². The molecular formula is C25H31ClN3O3+. The van der Waals surface area contributed by atoms with Crippen LogP contribution in [0.4, 0.5) is 5.69 Å². The fourth-order valence-corrected chi connectivity index (χ4v) is 3.77. The summed E-state index contributed by atoms with van der Waals surface area (Å²) < 4.78 is 8.00. The van der Waals surface area contributed by atoms with E-state index in [0.29, 0.717) is 24.4 Å². The van der Waals surface area contributed by atoms with Crippen LogP contribution in [0.1, 0.15) is 32.0 Å². The van der Waals surface area contributed by atoms with Crippen molar-refractivity contribution in [2.45, 2.75) is 33.1 Å². The molecule has 1 amide bonds. The van der Waals surface area contributed by atoms with Crippen LogP contribution in [-0.2, 0) is 11.3 Å². The Kier molecular flexibility index (Phi) is 7.94. The summed E-state index contributed by atoms with van der Waals surface area (Å²) in [7, 11) is 0. The highest BCUT2D eigenvalue weighted by Crippen LogP contribution is 2.37. The molecule has 2 heterocycles. The first kappa shape index (κ1) is 23.8. The van der Waals surface area contributed by atoms with Gasteiger partial charge in [0, 0.05) is 61.1 Å². The number of aliphatic hydroxyl groups is 1. The number of rotatable bonds is 9. The molecule has 1 aromatic carbocycles. The van der Waals surface area contributed by atoms with E-state index < -0.39 is 5.79 Å². The van der Waals surface area contributed by atoms with Crippen LogP contribution in [0, 0.1) is 0 Å². The summed E-state index contributed by atoms with van der Waals surface area (Å²) in [4.78, 5) is 13.6. The maximum Gasteiger partial charge on any atom is 0.235 e. The Morgan fingerprint density at radius 3 is 2.75 bits per heavy atom. The Morgan fingerprint density at radius 2 is 2.03 bits per heavy atom. The van der Waals surface area contributed by atoms with Crippen LogP contribution in [0.2, 0.25) is 0 Å². The molecule has 1 unspecified atom stereocenters. The third-order valence-corrected chi connectivity index (χ3v) is 5.73. The Hall–Kier alpha value is -2.83. The van der Waals surface area contributed by atoms with E-state index >= 15 is 0 Å². The normalized spacial score (nSPS) is 17.5. The largest absolute Gasteiger partial charge is 0.458 e. The second kappa shape index (κ2) is 10.7. The summed E-state index contributed by atoms with van der Waals surface area (Å²) in [5.41, 5.74) is 3.60. The lowest BCUT2D eigenvalue weighted by molar-refractivity contribution is -0.696. The van der Waals surface area contributed by atoms with Gasteiger partial charge in [0.2, 0.25) is 17.4 Å². The van der Waals surface area contributed by atoms with E-state index in [-0.39, 0.29) is 11.8 Å². The fraction of sp³-hybridized carbons (Fsp3) is 0.360. The van der Waals surface area contributed by atoms with Gasteiger partial charge in [-0.15, -0.1) is 11.6 Å². The van der Waals surface area contributed by atoms with Crippen LogP contribution in [0.5, 0.6) is 5.75 Å². The smallest absolute Gasteiger partial charge is 0.235 e. The molecular weight excluding hydrogens is 426 g/mol. The minimum absolute atomic E-state index is 0.0483. The van der Waals surface area contributed by atoms with Crippen LogP contribution in [0.15, 0.2) is 54.2 Å². The van der Waals surface area contributed by atoms with Gasteiger partial charge in [0.15, 0.2) is 12.7 Å². The molecule has 0 saturated heterocycles. The number of fused-ring (bicyclic) bond motifs is 1. The zero-order chi connectivity index (χ0) is 23.1. The highest BCUT2D eigenvalue weighted by molar-refractivity contribution is 6.27. The lowest BCUT2D eigenvalue weighted by Crippen LogP contribution is -2.42. The molecule has 170 valence electrons. The third-order valence-electron chi connectivity index (χ3n) is 5.49. The number of amides is 1. The van der Waals surface area contributed by atoms with Crippen molar-refractivity contribution in [3.05, 3.63) is 65.5 Å². The van der Waals surface area contributed by atoms with Gasteiger partial charge in [-0.1, -0.05) is 0 Å². The Morgan fingerprint density at radius 1 is 1.25 bits per heavy atom. The number of hydrogen-bond donors (Lipinski definition) is 2. The van der Waals surface area contributed by atoms with E-state index in [1.165, 1.54) is 0 Å². The number of halogens is 1. The van der Waals surface area contributed by atoms with Gasteiger partial charge in [-0.05, 0) is 44.2 Å². The Balaban J connectivity index is 1.82. The van der Waals surface area contributed by atoms with Gasteiger partial charge in [-0.3, -0.25) is 4.79 Å². The van der Waals surface area contributed by atoms with Crippen LogP contribution in [0.25, 0.3) is 12.2 Å². The standard InChI is InChI=1S/C25H30ClN3O3/c1-4-28(5-2)22-11-9-19-16-20(25(3,31)32-23(19)17-22)10-12-21-8-6-7-14-29(21)15-13-27-24(30)18-26/h6-12,14,16-17,31H,4-5,13,15,18H2,1-3H3/p+1. The van der Waals surface area contributed by atoms with E-state index in [0.717, 1.165) is 30.0 Å². The molecule has 2 N–H and O–H groups in total. The van der Waals surface area contributed by atoms with Crippen LogP contribution < -0.4 is 19.5 Å². The summed E-state index contributed by atoms with van der Waals surface area (Å²) in [5.74, 6) is -1.02. The fourth-order valence-electron chi connectivity index (χ4n) is 3.68. The molecule has 0 aliphatic carbocycles. The van der Waals surface area contributed by atoms with Crippen molar-refractivity contribution in [3.8, 4) is 5.75 Å². The topological polar surface area (TPSA) is 65.7 Å². The first-order valence-electron chi connectivity index (χ1n) is 10.9. The Labute approximate surface area is 194 Å². The Bertz CT molecular complexity index is 1010. The monoisotopic (exact) mass is 456 g/mol. The quantitative estimate of drug-likeness (QED) is 0.448. The lowest BCUT2D eigenvalue weighted by Gasteiger charge is -2.32. The van der Waals surface area contributed by atoms with Gasteiger partial charge in [0.1, 0.15) is 11.6 Å². The van der Waals surface area contributed by atoms with Crippen LogP contribution in [-0.4, -0.2) is 42.3 Å². The van der Waals surface area contributed by atoms with E-state index in [9.17, 15) is 9.90 Å². The van der Waals surface area contributed by atoms with E-state index in [1.807, 2.05) is 59.3 Å². The van der Waals surface area contributed by atoms with Gasteiger partial charge in [0.25, 0.3) is 0 Å². The first-order valence-corrected chi connectivity index (χ1v) is 11.4. The predicted molar refractivity (Wildman–Crippen MR) is 129 cm³/mol. The minimum atomic E-state index is -1.45. The van der Waals surface area contributed by atoms with Gasteiger partial charge >= 0.3 is 0 Å². The molecule has 2 aromatic rings. The molecule has 0 spiro atoms. The average molecular weight is 457 g/mol. The maximum atomic E-state index is 11.4. The molecule has 1 atom stereocenters. The van der Waals surface area contributed by atoms with Crippen molar-refractivity contribution in [1.29, 1.82) is 0 Å². The summed E-state index contributed by atoms with van der Waals surface area (Å²) in [5, 5.41) is 13.7. The zero-order valence-corrected chi connectivity index (χ0v) is 19.6. The number of benzene rings is 1. The van der Waals surface area contributed by atoms with Crippen molar-refractivity contribution >= 4 is 35.3 Å². The van der Waals surface area contributed by atoms with Gasteiger partial charge < -0.3 is 20.1 Å². The number of nitrogens with one attached hydrogen (secondary N) is 1. The average Bonchev–Trinajstić information content (AvgIpc) is 2.78. The summed E-state index contributed by atoms with van der Waals surface area (Å²) in [6.07, 6.45) is 7.70. The molecule has 0 radical (unpaired) electrons. The minimum Gasteiger partial charge on any atom is -0.458 e. The second-order valence-electron chi connectivity index (χ2n) is 7.71. The molecule has 3 rings (SSSR count). The molecule has 0 saturated carbocycles. The van der Waals surface area contributed by atoms with Gasteiger partial charge in [0.05, 0.1) is 6.54 Å². The lowest BCUT2D eigenvalue weighted by atomic mass is 9.98. The number of aromatic nitrogens is 1. The molecule has 1 aliphatic heterocycles. The number of alkyl halides is 1. The molecule has 0 bridgehead atoms. The molecule has 6 nitrogen and oxygen atoms in total. The molecule has 1 aromatic heterocycles. The van der Waals surface area contributed by atoms with Gasteiger partial charge in [-0.2, -0.15) is 4.57 Å². The first-order chi connectivity index (χ1) is 15.4. The van der Waals surface area contributed by atoms with Crippen molar-refractivity contribution in [1.82, 2.24) is 5.32 Å². The SMILES string of the molecule is CCN(CC)c1ccc2c(c1)OC(C)(O)C(/C=C/c1cccc[n+]1CCNC(=O)CCl)=C2. The second-order valence-corrected chi connectivity index (χ2v) is 7.98. The zero-order valence-electron chi connectivity index (χ0n) is 18.8. The summed E-state index contributed by atoms with van der Waals surface area (Å²) >= 11 is 5.53. The molecule has 0 fully saturated rings. The van der Waals surface area contributed by atoms with E-state index in [4.69, 9.17) is 16.3 Å². The van der Waals surface area contributed by atoms with E-state index in [2.05, 4.69) is 30.1 Å². The van der Waals surface area contributed by atoms with Crippen LogP contribution in [0.3, 0.4) is 0 Å². The maximum absolute atomic E-state index is 11.4. The summed E-state index contributed by atoms with van der Waals surface area (Å²) in [6, 6.07) is 11.9. The van der Waals surface area contributed by atoms with Crippen molar-refractivity contribution in [3.63, 3.8) is 0 Å².